The van der Waals surface area contributed by atoms with Crippen molar-refractivity contribution in [3.05, 3.63) is 23.5 Å². The van der Waals surface area contributed by atoms with Gasteiger partial charge in [-0.05, 0) is 12.5 Å². The van der Waals surface area contributed by atoms with Crippen molar-refractivity contribution in [3.63, 3.8) is 0 Å². The van der Waals surface area contributed by atoms with E-state index in [4.69, 9.17) is 4.74 Å². The molecule has 13 heavy (non-hydrogen) atoms. The van der Waals surface area contributed by atoms with E-state index < -0.39 is 0 Å². The molecule has 3 heteroatoms. The Balaban J connectivity index is 2.25. The van der Waals surface area contributed by atoms with E-state index in [2.05, 4.69) is 4.98 Å². The monoisotopic (exact) mass is 177 g/mol. The van der Waals surface area contributed by atoms with Crippen molar-refractivity contribution in [2.75, 3.05) is 6.61 Å². The Morgan fingerprint density at radius 2 is 2.54 bits per heavy atom. The zero-order chi connectivity index (χ0) is 9.10. The molecule has 68 valence electrons. The van der Waals surface area contributed by atoms with Gasteiger partial charge in [-0.15, -0.1) is 0 Å². The summed E-state index contributed by atoms with van der Waals surface area (Å²) in [5.74, 6) is 0.907. The number of aromatic nitrogens is 1. The lowest BCUT2D eigenvalue weighted by Gasteiger charge is -2.04. The highest BCUT2D eigenvalue weighted by atomic mass is 16.5. The van der Waals surface area contributed by atoms with E-state index in [1.807, 2.05) is 6.07 Å². The fourth-order valence-corrected chi connectivity index (χ4v) is 1.55. The summed E-state index contributed by atoms with van der Waals surface area (Å²) in [6.07, 6.45) is 4.87. The van der Waals surface area contributed by atoms with Crippen LogP contribution in [-0.2, 0) is 17.6 Å². The van der Waals surface area contributed by atoms with Crippen LogP contribution in [-0.4, -0.2) is 17.9 Å². The summed E-state index contributed by atoms with van der Waals surface area (Å²) >= 11 is 0. The van der Waals surface area contributed by atoms with Gasteiger partial charge in [-0.1, -0.05) is 0 Å². The predicted molar refractivity (Wildman–Crippen MR) is 47.8 cm³/mol. The molecule has 0 fully saturated rings. The molecule has 0 spiro atoms. The van der Waals surface area contributed by atoms with Gasteiger partial charge in [0, 0.05) is 24.6 Å². The molecule has 0 atom stereocenters. The maximum absolute atomic E-state index is 10.2. The normalized spacial score (nSPS) is 13.5. The molecule has 2 rings (SSSR count). The summed E-state index contributed by atoms with van der Waals surface area (Å²) in [6.45, 7) is 0.745. The van der Waals surface area contributed by atoms with Gasteiger partial charge in [0.05, 0.1) is 12.3 Å². The van der Waals surface area contributed by atoms with Crippen molar-refractivity contribution in [3.8, 4) is 5.75 Å². The second-order valence-electron chi connectivity index (χ2n) is 3.05. The highest BCUT2D eigenvalue weighted by molar-refractivity contribution is 5.51. The zero-order valence-corrected chi connectivity index (χ0v) is 7.32. The van der Waals surface area contributed by atoms with Crippen LogP contribution in [0.5, 0.6) is 5.75 Å². The van der Waals surface area contributed by atoms with Gasteiger partial charge in [-0.25, -0.2) is 0 Å². The number of aldehydes is 1. The van der Waals surface area contributed by atoms with Crippen molar-refractivity contribution < 1.29 is 9.53 Å². The van der Waals surface area contributed by atoms with Gasteiger partial charge >= 0.3 is 0 Å². The Bertz CT molecular complexity index is 323. The third kappa shape index (κ3) is 1.54. The van der Waals surface area contributed by atoms with Crippen molar-refractivity contribution >= 4 is 6.29 Å². The van der Waals surface area contributed by atoms with E-state index in [1.54, 1.807) is 6.20 Å². The molecule has 0 N–H and O–H groups in total. The first-order valence-electron chi connectivity index (χ1n) is 4.45. The van der Waals surface area contributed by atoms with E-state index in [0.717, 1.165) is 30.8 Å². The Kier molecular flexibility index (Phi) is 2.25. The van der Waals surface area contributed by atoms with Crippen molar-refractivity contribution in [1.29, 1.82) is 0 Å². The molecular weight excluding hydrogens is 166 g/mol. The smallest absolute Gasteiger partial charge is 0.144 e. The summed E-state index contributed by atoms with van der Waals surface area (Å²) in [6, 6.07) is 1.98. The van der Waals surface area contributed by atoms with Gasteiger partial charge in [0.1, 0.15) is 12.0 Å². The molecule has 3 nitrogen and oxygen atoms in total. The van der Waals surface area contributed by atoms with Crippen LogP contribution in [0.3, 0.4) is 0 Å². The molecule has 0 saturated carbocycles. The number of hydrogen-bond donors (Lipinski definition) is 0. The van der Waals surface area contributed by atoms with Gasteiger partial charge in [-0.3, -0.25) is 4.98 Å². The first kappa shape index (κ1) is 8.23. The van der Waals surface area contributed by atoms with Crippen LogP contribution in [0.1, 0.15) is 17.7 Å². The summed E-state index contributed by atoms with van der Waals surface area (Å²) in [5, 5.41) is 0. The second kappa shape index (κ2) is 3.56. The molecule has 0 unspecified atom stereocenters. The average molecular weight is 177 g/mol. The van der Waals surface area contributed by atoms with E-state index in [1.165, 1.54) is 5.56 Å². The Morgan fingerprint density at radius 1 is 1.62 bits per heavy atom. The molecule has 2 heterocycles. The number of aryl methyl sites for hydroxylation is 1. The number of rotatable bonds is 3. The number of carbonyl (C=O) groups excluding carboxylic acids is 1. The first-order valence-corrected chi connectivity index (χ1v) is 4.45. The molecule has 1 aliphatic heterocycles. The molecule has 1 aliphatic rings. The van der Waals surface area contributed by atoms with Crippen LogP contribution in [0, 0.1) is 0 Å². The first-order chi connectivity index (χ1) is 6.42. The number of hydrogen-bond acceptors (Lipinski definition) is 3. The molecule has 0 saturated heterocycles. The van der Waals surface area contributed by atoms with E-state index in [-0.39, 0.29) is 0 Å². The van der Waals surface area contributed by atoms with Crippen molar-refractivity contribution in [2.45, 2.75) is 19.3 Å². The largest absolute Gasteiger partial charge is 0.491 e. The highest BCUT2D eigenvalue weighted by Gasteiger charge is 2.16. The van der Waals surface area contributed by atoms with Crippen LogP contribution < -0.4 is 4.74 Å². The summed E-state index contributed by atoms with van der Waals surface area (Å²) in [7, 11) is 0. The molecule has 0 aliphatic carbocycles. The highest BCUT2D eigenvalue weighted by Crippen LogP contribution is 2.28. The number of nitrogens with zero attached hydrogens (tertiary/aromatic N) is 1. The second-order valence-corrected chi connectivity index (χ2v) is 3.05. The van der Waals surface area contributed by atoms with Gasteiger partial charge in [-0.2, -0.15) is 0 Å². The molecule has 1 aromatic rings. The number of fused-ring (bicyclic) bond motifs is 1. The third-order valence-corrected chi connectivity index (χ3v) is 2.18. The van der Waals surface area contributed by atoms with Gasteiger partial charge in [0.2, 0.25) is 0 Å². The van der Waals surface area contributed by atoms with Crippen molar-refractivity contribution in [2.24, 2.45) is 0 Å². The van der Waals surface area contributed by atoms with Crippen LogP contribution in [0.4, 0.5) is 0 Å². The third-order valence-electron chi connectivity index (χ3n) is 2.18. The standard InChI is InChI=1S/C10H11NO2/c12-6-1-2-9-10-8(3-5-11-9)4-7-13-10/h3,5-6H,1-2,4,7H2. The van der Waals surface area contributed by atoms with Crippen LogP contribution in [0.25, 0.3) is 0 Å². The number of ether oxygens (including phenoxy) is 1. The molecule has 0 radical (unpaired) electrons. The summed E-state index contributed by atoms with van der Waals surface area (Å²) in [4.78, 5) is 14.4. The fourth-order valence-electron chi connectivity index (χ4n) is 1.55. The molecule has 0 aromatic carbocycles. The van der Waals surface area contributed by atoms with Gasteiger partial charge in [0.15, 0.2) is 0 Å². The van der Waals surface area contributed by atoms with Crippen LogP contribution in [0.2, 0.25) is 0 Å². The number of pyridine rings is 1. The van der Waals surface area contributed by atoms with Crippen molar-refractivity contribution in [1.82, 2.24) is 4.98 Å². The topological polar surface area (TPSA) is 39.2 Å². The molecule has 0 bridgehead atoms. The molecule has 0 amide bonds. The SMILES string of the molecule is O=CCCc1nccc2c1OCC2. The predicted octanol–water partition coefficient (Wildman–Crippen LogP) is 1.15. The molecule has 1 aromatic heterocycles. The van der Waals surface area contributed by atoms with Crippen LogP contribution in [0.15, 0.2) is 12.3 Å². The van der Waals surface area contributed by atoms with Gasteiger partial charge in [0.25, 0.3) is 0 Å². The minimum absolute atomic E-state index is 0.521. The summed E-state index contributed by atoms with van der Waals surface area (Å²) in [5.41, 5.74) is 2.14. The van der Waals surface area contributed by atoms with Gasteiger partial charge < -0.3 is 9.53 Å². The quantitative estimate of drug-likeness (QED) is 0.650. The van der Waals surface area contributed by atoms with E-state index in [0.29, 0.717) is 12.8 Å². The zero-order valence-electron chi connectivity index (χ0n) is 7.32. The lowest BCUT2D eigenvalue weighted by atomic mass is 10.1. The maximum Gasteiger partial charge on any atom is 0.144 e. The number of carbonyl (C=O) groups is 1. The lowest BCUT2D eigenvalue weighted by molar-refractivity contribution is -0.107. The minimum Gasteiger partial charge on any atom is -0.491 e. The summed E-state index contributed by atoms with van der Waals surface area (Å²) < 4.78 is 5.45. The van der Waals surface area contributed by atoms with Crippen LogP contribution >= 0.6 is 0 Å². The molecular formula is C10H11NO2. The minimum atomic E-state index is 0.521. The average Bonchev–Trinajstić information content (AvgIpc) is 2.62. The maximum atomic E-state index is 10.2. The van der Waals surface area contributed by atoms with E-state index in [9.17, 15) is 4.79 Å². The Labute approximate surface area is 76.7 Å². The Hall–Kier alpha value is -1.38. The fraction of sp³-hybridized carbons (Fsp3) is 0.400. The Morgan fingerprint density at radius 3 is 3.38 bits per heavy atom. The lowest BCUT2D eigenvalue weighted by Crippen LogP contribution is -1.95. The van der Waals surface area contributed by atoms with E-state index >= 15 is 0 Å².